The van der Waals surface area contributed by atoms with Crippen molar-refractivity contribution in [1.82, 2.24) is 29.7 Å². The van der Waals surface area contributed by atoms with Crippen LogP contribution < -0.4 is 20.3 Å². The molecule has 1 heterocycles. The van der Waals surface area contributed by atoms with Crippen LogP contribution in [0.25, 0.3) is 0 Å². The summed E-state index contributed by atoms with van der Waals surface area (Å²) in [5.74, 6) is 0. The molecule has 2 atom stereocenters. The molecule has 12 heteroatoms. The highest BCUT2D eigenvalue weighted by Gasteiger charge is 2.38. The maximum atomic E-state index is 5.25. The molecular formula is C12H36N9P3. The summed E-state index contributed by atoms with van der Waals surface area (Å²) in [7, 11) is 1.48. The minimum Gasteiger partial charge on any atom is -0.254 e. The number of rotatable bonds is 10. The third-order valence-corrected chi connectivity index (χ3v) is 14.7. The fourth-order valence-electron chi connectivity index (χ4n) is 2.37. The Morgan fingerprint density at radius 3 is 1.29 bits per heavy atom. The second kappa shape index (κ2) is 9.40. The van der Waals surface area contributed by atoms with Crippen molar-refractivity contribution in [3.05, 3.63) is 0 Å². The van der Waals surface area contributed by atoms with E-state index in [1.165, 1.54) is 0 Å². The Morgan fingerprint density at radius 2 is 0.958 bits per heavy atom. The monoisotopic (exact) mass is 399 g/mol. The zero-order chi connectivity index (χ0) is 18.4. The summed E-state index contributed by atoms with van der Waals surface area (Å²) >= 11 is 0. The van der Waals surface area contributed by atoms with Crippen molar-refractivity contribution in [1.29, 1.82) is 0 Å². The number of nitrogens with one attached hydrogen (secondary N) is 4. The van der Waals surface area contributed by atoms with Crippen molar-refractivity contribution < 1.29 is 0 Å². The van der Waals surface area contributed by atoms with Gasteiger partial charge in [-0.15, -0.1) is 0 Å². The van der Waals surface area contributed by atoms with Crippen LogP contribution in [0.3, 0.4) is 0 Å². The molecule has 0 amide bonds. The first-order chi connectivity index (χ1) is 11.3. The van der Waals surface area contributed by atoms with Gasteiger partial charge in [-0.2, -0.15) is 13.5 Å². The molecule has 1 aliphatic rings. The van der Waals surface area contributed by atoms with Gasteiger partial charge in [-0.05, 0) is 28.2 Å². The van der Waals surface area contributed by atoms with Crippen LogP contribution in [0.4, 0.5) is 0 Å². The fraction of sp³-hybridized carbons (Fsp3) is 1.00. The molecule has 4 N–H and O–H groups in total. The molecule has 0 unspecified atom stereocenters. The van der Waals surface area contributed by atoms with Gasteiger partial charge in [0.25, 0.3) is 0 Å². The lowest BCUT2D eigenvalue weighted by molar-refractivity contribution is 0.636. The molecule has 1 rings (SSSR count). The highest BCUT2D eigenvalue weighted by Crippen LogP contribution is 2.74. The summed E-state index contributed by atoms with van der Waals surface area (Å²) in [6.45, 7) is 11.7. The first-order valence-electron chi connectivity index (χ1n) is 8.53. The summed E-state index contributed by atoms with van der Waals surface area (Å²) in [5, 5.41) is 14.3. The van der Waals surface area contributed by atoms with E-state index in [0.717, 1.165) is 26.2 Å². The molecule has 1 aliphatic heterocycles. The first-order valence-corrected chi connectivity index (χ1v) is 13.5. The van der Waals surface area contributed by atoms with E-state index in [0.29, 0.717) is 0 Å². The Morgan fingerprint density at radius 1 is 0.583 bits per heavy atom. The smallest absolute Gasteiger partial charge is 0.218 e. The fourth-order valence-corrected chi connectivity index (χ4v) is 15.0. The van der Waals surface area contributed by atoms with Crippen LogP contribution in [0.1, 0.15) is 27.7 Å². The molecule has 0 aromatic heterocycles. The minimum atomic E-state index is -2.25. The molecule has 0 fully saturated rings. The van der Waals surface area contributed by atoms with Gasteiger partial charge in [0.1, 0.15) is 0 Å². The minimum absolute atomic E-state index is 0.812. The molecular weight excluding hydrogens is 363 g/mol. The first kappa shape index (κ1) is 22.5. The normalized spacial score (nSPS) is 29.2. The summed E-state index contributed by atoms with van der Waals surface area (Å²) < 4.78 is 20.0. The van der Waals surface area contributed by atoms with Gasteiger partial charge in [0.05, 0.1) is 0 Å². The van der Waals surface area contributed by atoms with Crippen molar-refractivity contribution >= 4 is 22.5 Å². The Hall–Kier alpha value is 0.450. The van der Waals surface area contributed by atoms with Crippen LogP contribution in [-0.2, 0) is 0 Å². The second-order valence-electron chi connectivity index (χ2n) is 5.75. The zero-order valence-electron chi connectivity index (χ0n) is 16.4. The van der Waals surface area contributed by atoms with E-state index < -0.39 is 22.5 Å². The van der Waals surface area contributed by atoms with E-state index in [2.05, 4.69) is 85.6 Å². The molecule has 0 spiro atoms. The van der Waals surface area contributed by atoms with Gasteiger partial charge in [0.15, 0.2) is 0 Å². The van der Waals surface area contributed by atoms with Gasteiger partial charge in [-0.25, -0.2) is 9.34 Å². The summed E-state index contributed by atoms with van der Waals surface area (Å²) in [6.07, 6.45) is 0. The SMILES string of the molecule is CCNP1(NCC)=N[P@](NCC)(N(C)C)=N[P@@](NCC)(N(C)C)=N1. The Bertz CT molecular complexity index is 543. The predicted octanol–water partition coefficient (Wildman–Crippen LogP) is 3.40. The summed E-state index contributed by atoms with van der Waals surface area (Å²) in [5.41, 5.74) is 0. The van der Waals surface area contributed by atoms with Crippen molar-refractivity contribution in [2.24, 2.45) is 13.5 Å². The van der Waals surface area contributed by atoms with E-state index in [4.69, 9.17) is 13.5 Å². The molecule has 0 aliphatic carbocycles. The largest absolute Gasteiger partial charge is 0.254 e. The molecule has 0 saturated heterocycles. The molecule has 24 heavy (non-hydrogen) atoms. The molecule has 0 aromatic rings. The second-order valence-corrected chi connectivity index (χ2v) is 14.2. The topological polar surface area (TPSA) is 91.7 Å². The van der Waals surface area contributed by atoms with E-state index in [-0.39, 0.29) is 0 Å². The van der Waals surface area contributed by atoms with Gasteiger partial charge >= 0.3 is 0 Å². The maximum Gasteiger partial charge on any atom is 0.218 e. The highest BCUT2D eigenvalue weighted by atomic mass is 31.3. The zero-order valence-corrected chi connectivity index (χ0v) is 19.1. The summed E-state index contributed by atoms with van der Waals surface area (Å²) in [4.78, 5) is 0. The van der Waals surface area contributed by atoms with Crippen molar-refractivity contribution in [2.45, 2.75) is 27.7 Å². The number of hydrogen-bond donors (Lipinski definition) is 4. The van der Waals surface area contributed by atoms with E-state index in [1.54, 1.807) is 0 Å². The van der Waals surface area contributed by atoms with Gasteiger partial charge in [-0.1, -0.05) is 27.7 Å². The summed E-state index contributed by atoms with van der Waals surface area (Å²) in [6, 6.07) is 0. The van der Waals surface area contributed by atoms with Crippen molar-refractivity contribution in [3.63, 3.8) is 0 Å². The third-order valence-electron chi connectivity index (χ3n) is 3.37. The van der Waals surface area contributed by atoms with Crippen LogP contribution in [-0.4, -0.2) is 63.7 Å². The molecule has 9 nitrogen and oxygen atoms in total. The number of nitrogens with zero attached hydrogens (tertiary/aromatic N) is 5. The average Bonchev–Trinajstić information content (AvgIpc) is 2.47. The number of hydrogen-bond acceptors (Lipinski definition) is 9. The molecule has 144 valence electrons. The molecule has 0 radical (unpaired) electrons. The van der Waals surface area contributed by atoms with Gasteiger partial charge in [-0.3, -0.25) is 20.3 Å². The van der Waals surface area contributed by atoms with Crippen LogP contribution in [0.5, 0.6) is 0 Å². The quantitative estimate of drug-likeness (QED) is 0.421. The Labute approximate surface area is 148 Å². The third kappa shape index (κ3) is 4.79. The van der Waals surface area contributed by atoms with Crippen molar-refractivity contribution in [2.75, 3.05) is 54.4 Å². The van der Waals surface area contributed by atoms with Gasteiger partial charge in [0, 0.05) is 26.2 Å². The Balaban J connectivity index is 3.84. The lowest BCUT2D eigenvalue weighted by atomic mass is 10.8. The lowest BCUT2D eigenvalue weighted by Gasteiger charge is -2.41. The highest BCUT2D eigenvalue weighted by molar-refractivity contribution is 7.83. The molecule has 0 saturated carbocycles. The van der Waals surface area contributed by atoms with Gasteiger partial charge in [0.2, 0.25) is 22.5 Å². The van der Waals surface area contributed by atoms with E-state index in [9.17, 15) is 0 Å². The van der Waals surface area contributed by atoms with Crippen LogP contribution in [0.2, 0.25) is 0 Å². The molecule has 0 bridgehead atoms. The Kier molecular flexibility index (Phi) is 8.81. The van der Waals surface area contributed by atoms with Crippen molar-refractivity contribution in [3.8, 4) is 0 Å². The maximum absolute atomic E-state index is 5.25. The van der Waals surface area contributed by atoms with Gasteiger partial charge < -0.3 is 0 Å². The lowest BCUT2D eigenvalue weighted by Crippen LogP contribution is -2.30. The average molecular weight is 399 g/mol. The molecule has 0 aromatic carbocycles. The van der Waals surface area contributed by atoms with E-state index in [1.807, 2.05) is 0 Å². The predicted molar refractivity (Wildman–Crippen MR) is 110 cm³/mol. The standard InChI is InChI=1S/C12H36N9P3/c1-9-13-22(14-10-2)17-23(15-11-3,20(5)6)19-24(18-22,16-12-4)21(7)8/h13-16H,9-12H2,1-8H3/t23-,24-/m0/s1. The van der Waals surface area contributed by atoms with Crippen LogP contribution >= 0.6 is 22.5 Å². The van der Waals surface area contributed by atoms with E-state index >= 15 is 0 Å². The van der Waals surface area contributed by atoms with Crippen LogP contribution in [0, 0.1) is 0 Å². The van der Waals surface area contributed by atoms with Crippen LogP contribution in [0.15, 0.2) is 13.5 Å².